The lowest BCUT2D eigenvalue weighted by Gasteiger charge is -2.23. The summed E-state index contributed by atoms with van der Waals surface area (Å²) in [7, 11) is 0. The van der Waals surface area contributed by atoms with Gasteiger partial charge in [-0.05, 0) is 89.1 Å². The van der Waals surface area contributed by atoms with E-state index in [1.807, 2.05) is 11.3 Å². The van der Waals surface area contributed by atoms with E-state index in [9.17, 15) is 0 Å². The SMILES string of the molecule is CC1(C)c2cc(-c3c4ccccc4c(-c4ccc(-c5ccccc5)cc4)c4ccccc34)ccc2-c2sc3ccccc3c21. The molecule has 208 valence electrons. The second-order valence-corrected chi connectivity index (χ2v) is 13.5. The molecule has 0 unspecified atom stereocenters. The molecule has 7 aromatic carbocycles. The Balaban J connectivity index is 1.26. The summed E-state index contributed by atoms with van der Waals surface area (Å²) in [5, 5.41) is 6.57. The maximum absolute atomic E-state index is 2.49. The molecule has 0 radical (unpaired) electrons. The van der Waals surface area contributed by atoms with E-state index in [0.29, 0.717) is 0 Å². The Morgan fingerprint density at radius 1 is 0.432 bits per heavy atom. The van der Waals surface area contributed by atoms with Crippen LogP contribution in [-0.4, -0.2) is 0 Å². The first-order valence-corrected chi connectivity index (χ1v) is 16.2. The van der Waals surface area contributed by atoms with Crippen LogP contribution in [0.5, 0.6) is 0 Å². The molecule has 0 amide bonds. The molecule has 0 N–H and O–H groups in total. The highest BCUT2D eigenvalue weighted by molar-refractivity contribution is 7.22. The third kappa shape index (κ3) is 3.63. The number of thiophene rings is 1. The maximum Gasteiger partial charge on any atom is 0.0399 e. The summed E-state index contributed by atoms with van der Waals surface area (Å²) >= 11 is 1.94. The van der Waals surface area contributed by atoms with E-state index in [4.69, 9.17) is 0 Å². The summed E-state index contributed by atoms with van der Waals surface area (Å²) in [4.78, 5) is 1.43. The summed E-state index contributed by atoms with van der Waals surface area (Å²) < 4.78 is 1.38. The van der Waals surface area contributed by atoms with E-state index in [2.05, 4.69) is 159 Å². The van der Waals surface area contributed by atoms with Gasteiger partial charge in [-0.1, -0.05) is 147 Å². The third-order valence-corrected chi connectivity index (χ3v) is 10.9. The Hall–Kier alpha value is -4.98. The molecule has 0 nitrogen and oxygen atoms in total. The monoisotopic (exact) mass is 578 g/mol. The molecular formula is C43H30S. The zero-order valence-corrected chi connectivity index (χ0v) is 25.6. The molecule has 0 saturated heterocycles. The molecule has 44 heavy (non-hydrogen) atoms. The van der Waals surface area contributed by atoms with Gasteiger partial charge in [-0.3, -0.25) is 0 Å². The van der Waals surface area contributed by atoms with Crippen molar-refractivity contribution in [1.29, 1.82) is 0 Å². The summed E-state index contributed by atoms with van der Waals surface area (Å²) in [5.74, 6) is 0. The fourth-order valence-electron chi connectivity index (χ4n) is 7.62. The number of hydrogen-bond donors (Lipinski definition) is 0. The van der Waals surface area contributed by atoms with E-state index in [-0.39, 0.29) is 5.41 Å². The van der Waals surface area contributed by atoms with E-state index >= 15 is 0 Å². The molecule has 1 aliphatic carbocycles. The molecule has 1 heterocycles. The molecule has 8 aromatic rings. The molecule has 9 rings (SSSR count). The van der Waals surface area contributed by atoms with Crippen molar-refractivity contribution < 1.29 is 0 Å². The van der Waals surface area contributed by atoms with Crippen molar-refractivity contribution in [3.05, 3.63) is 157 Å². The Morgan fingerprint density at radius 3 is 1.55 bits per heavy atom. The van der Waals surface area contributed by atoms with Gasteiger partial charge in [-0.25, -0.2) is 0 Å². The molecule has 1 heteroatoms. The van der Waals surface area contributed by atoms with Crippen LogP contribution >= 0.6 is 11.3 Å². The van der Waals surface area contributed by atoms with Crippen LogP contribution < -0.4 is 0 Å². The van der Waals surface area contributed by atoms with Crippen molar-refractivity contribution >= 4 is 43.0 Å². The topological polar surface area (TPSA) is 0 Å². The van der Waals surface area contributed by atoms with Gasteiger partial charge in [0.1, 0.15) is 0 Å². The van der Waals surface area contributed by atoms with Gasteiger partial charge < -0.3 is 0 Å². The summed E-state index contributed by atoms with van der Waals surface area (Å²) in [6.07, 6.45) is 0. The Labute approximate surface area is 261 Å². The Kier molecular flexibility index (Phi) is 5.51. The molecule has 0 spiro atoms. The zero-order chi connectivity index (χ0) is 29.4. The molecule has 0 bridgehead atoms. The van der Waals surface area contributed by atoms with E-state index in [1.54, 1.807) is 0 Å². The zero-order valence-electron chi connectivity index (χ0n) is 24.8. The van der Waals surface area contributed by atoms with Crippen molar-refractivity contribution in [2.45, 2.75) is 19.3 Å². The molecule has 1 aromatic heterocycles. The first-order chi connectivity index (χ1) is 21.6. The highest BCUT2D eigenvalue weighted by Gasteiger charge is 2.39. The summed E-state index contributed by atoms with van der Waals surface area (Å²) in [6, 6.07) is 53.8. The van der Waals surface area contributed by atoms with Gasteiger partial charge >= 0.3 is 0 Å². The lowest BCUT2D eigenvalue weighted by Crippen LogP contribution is -2.15. The first kappa shape index (κ1) is 25.5. The van der Waals surface area contributed by atoms with Gasteiger partial charge in [0.15, 0.2) is 0 Å². The van der Waals surface area contributed by atoms with Crippen LogP contribution in [0.25, 0.3) is 75.5 Å². The predicted molar refractivity (Wildman–Crippen MR) is 191 cm³/mol. The van der Waals surface area contributed by atoms with Crippen molar-refractivity contribution in [2.24, 2.45) is 0 Å². The molecule has 0 saturated carbocycles. The Bertz CT molecular complexity index is 2330. The van der Waals surface area contributed by atoms with Gasteiger partial charge in [-0.15, -0.1) is 11.3 Å². The number of hydrogen-bond acceptors (Lipinski definition) is 1. The predicted octanol–water partition coefficient (Wildman–Crippen LogP) is 12.5. The minimum absolute atomic E-state index is 0.0632. The van der Waals surface area contributed by atoms with Crippen molar-refractivity contribution in [3.8, 4) is 43.8 Å². The van der Waals surface area contributed by atoms with E-state index in [0.717, 1.165) is 0 Å². The number of fused-ring (bicyclic) bond motifs is 7. The lowest BCUT2D eigenvalue weighted by atomic mass is 9.79. The minimum atomic E-state index is -0.0632. The average Bonchev–Trinajstić information content (AvgIpc) is 3.57. The van der Waals surface area contributed by atoms with Crippen molar-refractivity contribution in [3.63, 3.8) is 0 Å². The van der Waals surface area contributed by atoms with Crippen LogP contribution in [0, 0.1) is 0 Å². The summed E-state index contributed by atoms with van der Waals surface area (Å²) in [6.45, 7) is 4.80. The fraction of sp³-hybridized carbons (Fsp3) is 0.0698. The quantitative estimate of drug-likeness (QED) is 0.183. The smallest absolute Gasteiger partial charge is 0.0399 e. The number of rotatable bonds is 3. The maximum atomic E-state index is 2.49. The molecule has 0 aliphatic heterocycles. The van der Waals surface area contributed by atoms with Crippen LogP contribution in [0.1, 0.15) is 25.0 Å². The van der Waals surface area contributed by atoms with Gasteiger partial charge in [0.05, 0.1) is 0 Å². The molecule has 0 atom stereocenters. The first-order valence-electron chi connectivity index (χ1n) is 15.4. The van der Waals surface area contributed by atoms with Gasteiger partial charge in [-0.2, -0.15) is 0 Å². The fourth-order valence-corrected chi connectivity index (χ4v) is 9.02. The van der Waals surface area contributed by atoms with E-state index < -0.39 is 0 Å². The average molecular weight is 579 g/mol. The molecule has 0 fully saturated rings. The molecular weight excluding hydrogens is 549 g/mol. The van der Waals surface area contributed by atoms with Gasteiger partial charge in [0, 0.05) is 15.0 Å². The van der Waals surface area contributed by atoms with Crippen molar-refractivity contribution in [2.75, 3.05) is 0 Å². The highest BCUT2D eigenvalue weighted by atomic mass is 32.1. The second-order valence-electron chi connectivity index (χ2n) is 12.5. The second kappa shape index (κ2) is 9.51. The lowest BCUT2D eigenvalue weighted by molar-refractivity contribution is 0.667. The standard InChI is InChI=1S/C43H30S/c1-43(2)37-26-30(24-25-35(37)42-41(43)36-18-10-11-19-38(36)44-42)40-33-16-8-6-14-31(33)39(32-15-7-9-17-34(32)40)29-22-20-28(21-23-29)27-12-4-3-5-13-27/h3-26H,1-2H3. The van der Waals surface area contributed by atoms with Crippen LogP contribution in [0.15, 0.2) is 146 Å². The Morgan fingerprint density at radius 2 is 0.909 bits per heavy atom. The van der Waals surface area contributed by atoms with E-state index in [1.165, 1.54) is 86.6 Å². The van der Waals surface area contributed by atoms with Crippen LogP contribution in [0.4, 0.5) is 0 Å². The highest BCUT2D eigenvalue weighted by Crippen LogP contribution is 2.56. The number of benzene rings is 7. The van der Waals surface area contributed by atoms with Gasteiger partial charge in [0.2, 0.25) is 0 Å². The normalized spacial score (nSPS) is 13.4. The summed E-state index contributed by atoms with van der Waals surface area (Å²) in [5.41, 5.74) is 11.9. The third-order valence-electron chi connectivity index (χ3n) is 9.66. The van der Waals surface area contributed by atoms with Crippen LogP contribution in [-0.2, 0) is 5.41 Å². The van der Waals surface area contributed by atoms with Crippen LogP contribution in [0.2, 0.25) is 0 Å². The molecule has 1 aliphatic rings. The minimum Gasteiger partial charge on any atom is -0.135 e. The van der Waals surface area contributed by atoms with Crippen LogP contribution in [0.3, 0.4) is 0 Å². The van der Waals surface area contributed by atoms with Gasteiger partial charge in [0.25, 0.3) is 0 Å². The van der Waals surface area contributed by atoms with Crippen molar-refractivity contribution in [1.82, 2.24) is 0 Å². The largest absolute Gasteiger partial charge is 0.135 e.